The van der Waals surface area contributed by atoms with E-state index in [0.29, 0.717) is 12.6 Å². The molecule has 0 aromatic heterocycles. The Labute approximate surface area is 199 Å². The number of hydrogen-bond acceptors (Lipinski definition) is 6. The SMILES string of the molecule is O=C(O)[C@H](O)[C@@H](O)C(=O)O.[C-]#[N+]C(C)(C)CN(Cc1ccc(F)cc1C(F)(F)F)C1CCNCC1. The average Bonchev–Trinajstić information content (AvgIpc) is 2.78. The summed E-state index contributed by atoms with van der Waals surface area (Å²) in [6, 6.07) is 2.92. The third-order valence-corrected chi connectivity index (χ3v) is 5.27. The van der Waals surface area contributed by atoms with Crippen molar-refractivity contribution in [3.63, 3.8) is 0 Å². The maximum atomic E-state index is 13.3. The number of alkyl halides is 3. The van der Waals surface area contributed by atoms with Gasteiger partial charge in [0.15, 0.2) is 12.2 Å². The molecule has 1 aliphatic heterocycles. The van der Waals surface area contributed by atoms with Gasteiger partial charge in [0.2, 0.25) is 5.54 Å². The van der Waals surface area contributed by atoms with Gasteiger partial charge in [-0.1, -0.05) is 6.07 Å². The van der Waals surface area contributed by atoms with E-state index in [1.807, 2.05) is 4.90 Å². The molecule has 0 radical (unpaired) electrons. The molecule has 13 heteroatoms. The molecule has 35 heavy (non-hydrogen) atoms. The number of halogens is 4. The Bertz CT molecular complexity index is 895. The van der Waals surface area contributed by atoms with Gasteiger partial charge in [-0.25, -0.2) is 20.6 Å². The average molecular weight is 507 g/mol. The normalized spacial score (nSPS) is 16.6. The molecule has 1 aliphatic rings. The van der Waals surface area contributed by atoms with E-state index in [1.54, 1.807) is 13.8 Å². The molecule has 2 rings (SSSR count). The third kappa shape index (κ3) is 9.77. The standard InChI is InChI=1S/C18H23F4N3.C4H6O6/c1-17(2,23-3)12-25(15-6-8-24-9-7-15)11-13-4-5-14(19)10-16(13)18(20,21)22;5-1(3(7)8)2(6)4(9)10/h4-5,10,15,24H,6-9,11-12H2,1-2H3;1-2,5-6H,(H,7,8)(H,9,10)/t;1-,2-/m.1/s1. The number of aliphatic carboxylic acids is 2. The molecule has 1 fully saturated rings. The van der Waals surface area contributed by atoms with Crippen LogP contribution in [0.1, 0.15) is 37.8 Å². The zero-order chi connectivity index (χ0) is 27.0. The molecule has 0 spiro atoms. The number of carboxylic acid groups (broad SMARTS) is 2. The second-order valence-electron chi connectivity index (χ2n) is 8.68. The molecular formula is C22H29F4N3O6. The summed E-state index contributed by atoms with van der Waals surface area (Å²) in [5, 5.41) is 35.8. The summed E-state index contributed by atoms with van der Waals surface area (Å²) in [5.41, 5.74) is -1.58. The largest absolute Gasteiger partial charge is 0.479 e. The second kappa shape index (κ2) is 12.8. The van der Waals surface area contributed by atoms with Gasteiger partial charge in [-0.15, -0.1) is 0 Å². The lowest BCUT2D eigenvalue weighted by molar-refractivity contribution is -0.165. The number of carboxylic acids is 2. The Hall–Kier alpha value is -2.79. The maximum absolute atomic E-state index is 13.3. The van der Waals surface area contributed by atoms with Gasteiger partial charge in [0, 0.05) is 26.4 Å². The van der Waals surface area contributed by atoms with E-state index >= 15 is 0 Å². The van der Waals surface area contributed by atoms with Crippen LogP contribution in [-0.4, -0.2) is 80.7 Å². The molecule has 1 heterocycles. The Balaban J connectivity index is 0.000000518. The van der Waals surface area contributed by atoms with Crippen molar-refractivity contribution in [3.05, 3.63) is 46.6 Å². The lowest BCUT2D eigenvalue weighted by Crippen LogP contribution is -2.47. The van der Waals surface area contributed by atoms with Crippen LogP contribution in [0.15, 0.2) is 18.2 Å². The van der Waals surface area contributed by atoms with Crippen LogP contribution in [0, 0.1) is 12.4 Å². The Morgan fingerprint density at radius 1 is 1.14 bits per heavy atom. The minimum absolute atomic E-state index is 0.0493. The number of rotatable bonds is 8. The van der Waals surface area contributed by atoms with Gasteiger partial charge in [0.1, 0.15) is 5.82 Å². The first-order valence-electron chi connectivity index (χ1n) is 10.6. The van der Waals surface area contributed by atoms with Crippen molar-refractivity contribution in [2.45, 2.75) is 63.2 Å². The number of nitrogens with one attached hydrogen (secondary N) is 1. The van der Waals surface area contributed by atoms with Crippen molar-refractivity contribution >= 4 is 11.9 Å². The van der Waals surface area contributed by atoms with Crippen LogP contribution in [0.2, 0.25) is 0 Å². The molecule has 0 aliphatic carbocycles. The highest BCUT2D eigenvalue weighted by Crippen LogP contribution is 2.34. The first-order valence-corrected chi connectivity index (χ1v) is 10.6. The van der Waals surface area contributed by atoms with Gasteiger partial charge >= 0.3 is 18.1 Å². The van der Waals surface area contributed by atoms with Crippen LogP contribution in [0.25, 0.3) is 4.85 Å². The van der Waals surface area contributed by atoms with Gasteiger partial charge < -0.3 is 30.6 Å². The fourth-order valence-electron chi connectivity index (χ4n) is 3.46. The summed E-state index contributed by atoms with van der Waals surface area (Å²) in [7, 11) is 0. The highest BCUT2D eigenvalue weighted by atomic mass is 19.4. The van der Waals surface area contributed by atoms with Crippen LogP contribution in [0.5, 0.6) is 0 Å². The summed E-state index contributed by atoms with van der Waals surface area (Å²) < 4.78 is 53.2. The first-order chi connectivity index (χ1) is 16.1. The summed E-state index contributed by atoms with van der Waals surface area (Å²) in [5.74, 6) is -4.43. The zero-order valence-electron chi connectivity index (χ0n) is 19.2. The van der Waals surface area contributed by atoms with Crippen LogP contribution in [0.4, 0.5) is 17.6 Å². The van der Waals surface area contributed by atoms with Crippen LogP contribution in [-0.2, 0) is 22.3 Å². The molecular weight excluding hydrogens is 478 g/mol. The molecule has 0 unspecified atom stereocenters. The van der Waals surface area contributed by atoms with Gasteiger partial charge in [0.25, 0.3) is 0 Å². The Morgan fingerprint density at radius 3 is 2.09 bits per heavy atom. The van der Waals surface area contributed by atoms with E-state index in [-0.39, 0.29) is 18.2 Å². The number of hydrogen-bond donors (Lipinski definition) is 5. The molecule has 196 valence electrons. The smallest absolute Gasteiger partial charge is 0.416 e. The van der Waals surface area contributed by atoms with Crippen molar-refractivity contribution in [1.29, 1.82) is 0 Å². The fourth-order valence-corrected chi connectivity index (χ4v) is 3.46. The van der Waals surface area contributed by atoms with Crippen molar-refractivity contribution < 1.29 is 47.6 Å². The molecule has 0 bridgehead atoms. The monoisotopic (exact) mass is 507 g/mol. The number of benzene rings is 1. The predicted octanol–water partition coefficient (Wildman–Crippen LogP) is 1.97. The summed E-state index contributed by atoms with van der Waals surface area (Å²) in [6.45, 7) is 12.9. The number of carbonyl (C=O) groups is 2. The number of aliphatic hydroxyl groups is 2. The number of aliphatic hydroxyl groups excluding tert-OH is 2. The molecule has 5 N–H and O–H groups in total. The summed E-state index contributed by atoms with van der Waals surface area (Å²) >= 11 is 0. The quantitative estimate of drug-likeness (QED) is 0.266. The molecule has 2 atom stereocenters. The predicted molar refractivity (Wildman–Crippen MR) is 116 cm³/mol. The van der Waals surface area contributed by atoms with E-state index in [0.717, 1.165) is 32.0 Å². The minimum atomic E-state index is -4.60. The van der Waals surface area contributed by atoms with E-state index in [9.17, 15) is 27.2 Å². The van der Waals surface area contributed by atoms with Crippen molar-refractivity contribution in [2.75, 3.05) is 19.6 Å². The van der Waals surface area contributed by atoms with Crippen LogP contribution >= 0.6 is 0 Å². The molecule has 1 aromatic rings. The molecule has 0 saturated carbocycles. The van der Waals surface area contributed by atoms with Gasteiger partial charge in [0.05, 0.1) is 12.1 Å². The summed E-state index contributed by atoms with van der Waals surface area (Å²) in [6.07, 6.45) is -7.50. The molecule has 1 aromatic carbocycles. The third-order valence-electron chi connectivity index (χ3n) is 5.27. The van der Waals surface area contributed by atoms with Gasteiger partial charge in [-0.05, 0) is 43.6 Å². The minimum Gasteiger partial charge on any atom is -0.479 e. The molecule has 9 nitrogen and oxygen atoms in total. The fraction of sp³-hybridized carbons (Fsp3) is 0.591. The van der Waals surface area contributed by atoms with Crippen molar-refractivity contribution in [1.82, 2.24) is 10.2 Å². The topological polar surface area (TPSA) is 135 Å². The van der Waals surface area contributed by atoms with Gasteiger partial charge in [-0.2, -0.15) is 13.2 Å². The highest BCUT2D eigenvalue weighted by Gasteiger charge is 2.36. The Morgan fingerprint density at radius 2 is 1.66 bits per heavy atom. The van der Waals surface area contributed by atoms with Gasteiger partial charge in [-0.3, -0.25) is 4.90 Å². The summed E-state index contributed by atoms with van der Waals surface area (Å²) in [4.78, 5) is 25.1. The van der Waals surface area contributed by atoms with E-state index in [2.05, 4.69) is 10.2 Å². The number of piperidine rings is 1. The zero-order valence-corrected chi connectivity index (χ0v) is 19.2. The lowest BCUT2D eigenvalue weighted by Gasteiger charge is -2.36. The maximum Gasteiger partial charge on any atom is 0.416 e. The lowest BCUT2D eigenvalue weighted by atomic mass is 9.98. The number of nitrogens with zero attached hydrogens (tertiary/aromatic N) is 2. The van der Waals surface area contributed by atoms with E-state index in [4.69, 9.17) is 27.0 Å². The van der Waals surface area contributed by atoms with Crippen LogP contribution < -0.4 is 5.32 Å². The Kier molecular flexibility index (Phi) is 11.0. The molecule has 0 amide bonds. The van der Waals surface area contributed by atoms with E-state index in [1.165, 1.54) is 6.07 Å². The highest BCUT2D eigenvalue weighted by molar-refractivity contribution is 5.83. The first kappa shape index (κ1) is 30.2. The van der Waals surface area contributed by atoms with Crippen LogP contribution in [0.3, 0.4) is 0 Å². The van der Waals surface area contributed by atoms with Crippen molar-refractivity contribution in [3.8, 4) is 0 Å². The van der Waals surface area contributed by atoms with E-state index < -0.39 is 47.2 Å². The second-order valence-corrected chi connectivity index (χ2v) is 8.68. The van der Waals surface area contributed by atoms with Crippen molar-refractivity contribution in [2.24, 2.45) is 0 Å². The molecule has 1 saturated heterocycles.